The molecule has 0 aliphatic heterocycles. The fourth-order valence-corrected chi connectivity index (χ4v) is 3.29. The number of ketones is 1. The minimum atomic E-state index is -2.16. The summed E-state index contributed by atoms with van der Waals surface area (Å²) in [6.45, 7) is 10.0. The predicted octanol–water partition coefficient (Wildman–Crippen LogP) is 2.25. The van der Waals surface area contributed by atoms with Crippen molar-refractivity contribution in [1.82, 2.24) is 0 Å². The lowest BCUT2D eigenvalue weighted by Gasteiger charge is -2.31. The average molecular weight is 332 g/mol. The summed E-state index contributed by atoms with van der Waals surface area (Å²) >= 11 is 0. The molecular weight excluding hydrogens is 301 g/mol. The Bertz CT molecular complexity index is 413. The van der Waals surface area contributed by atoms with Crippen LogP contribution in [0.3, 0.4) is 0 Å². The van der Waals surface area contributed by atoms with Gasteiger partial charge in [-0.15, -0.1) is 0 Å². The van der Waals surface area contributed by atoms with Gasteiger partial charge in [0.2, 0.25) is 11.8 Å². The molecule has 0 rings (SSSR count). The summed E-state index contributed by atoms with van der Waals surface area (Å²) in [5.41, 5.74) is 0.638. The Balaban J connectivity index is 5.44. The number of carbonyl (C=O) groups excluding carboxylic acids is 1. The van der Waals surface area contributed by atoms with Gasteiger partial charge in [-0.25, -0.2) is 0 Å². The van der Waals surface area contributed by atoms with E-state index in [9.17, 15) is 9.69 Å². The van der Waals surface area contributed by atoms with Crippen LogP contribution in [0.15, 0.2) is 12.2 Å². The number of Topliss-reactive ketones (excluding diaryl/α,β-unsaturated/α-hetero) is 1. The molecule has 0 N–H and O–H groups in total. The van der Waals surface area contributed by atoms with Crippen LogP contribution in [0.4, 0.5) is 0 Å². The van der Waals surface area contributed by atoms with E-state index < -0.39 is 14.0 Å². The molecule has 0 aromatic rings. The Morgan fingerprint density at radius 2 is 1.86 bits per heavy atom. The molecule has 0 amide bonds. The van der Waals surface area contributed by atoms with Crippen LogP contribution in [0, 0.1) is 0 Å². The van der Waals surface area contributed by atoms with Gasteiger partial charge in [0, 0.05) is 0 Å². The van der Waals surface area contributed by atoms with Gasteiger partial charge >= 0.3 is 5.48 Å². The van der Waals surface area contributed by atoms with Gasteiger partial charge in [-0.3, -0.25) is 4.79 Å². The molecule has 0 fully saturated rings. The second kappa shape index (κ2) is 10.2. The molecule has 0 aliphatic rings. The van der Waals surface area contributed by atoms with E-state index in [0.717, 1.165) is 19.3 Å². The fourth-order valence-electron chi connectivity index (χ4n) is 1.97. The lowest BCUT2D eigenvalue weighted by atomic mass is 10.1. The molecule has 0 bridgehead atoms. The number of likely N-dealkylation sites (N-methyl/N-ethyl adjacent to an activating group) is 1. The van der Waals surface area contributed by atoms with Crippen LogP contribution in [-0.2, 0) is 14.1 Å². The van der Waals surface area contributed by atoms with Crippen molar-refractivity contribution in [3.05, 3.63) is 12.2 Å². The summed E-state index contributed by atoms with van der Waals surface area (Å²) in [5, 5.41) is 0. The highest BCUT2D eigenvalue weighted by atomic mass is 31.1. The number of nitrogens with zero attached hydrogens (tertiary/aromatic N) is 1. The summed E-state index contributed by atoms with van der Waals surface area (Å²) in [5.74, 6) is -0.170. The van der Waals surface area contributed by atoms with Crippen LogP contribution in [0.5, 0.6) is 0 Å². The normalized spacial score (nSPS) is 14.5. The number of hydrogen-bond donors (Lipinski definition) is 0. The molecular formula is C16H31NO4P+. The van der Waals surface area contributed by atoms with Crippen molar-refractivity contribution in [2.45, 2.75) is 46.1 Å². The van der Waals surface area contributed by atoms with Crippen LogP contribution in [0.25, 0.3) is 0 Å². The summed E-state index contributed by atoms with van der Waals surface area (Å²) in [7, 11) is 3.44. The van der Waals surface area contributed by atoms with Crippen molar-refractivity contribution < 1.29 is 23.4 Å². The maximum Gasteiger partial charge on any atom is 0.322 e. The molecule has 6 heteroatoms. The van der Waals surface area contributed by atoms with Crippen molar-refractivity contribution in [3.8, 4) is 0 Å². The Kier molecular flexibility index (Phi) is 9.97. The first kappa shape index (κ1) is 21.4. The molecule has 0 heterocycles. The van der Waals surface area contributed by atoms with Crippen molar-refractivity contribution in [2.24, 2.45) is 0 Å². The van der Waals surface area contributed by atoms with Crippen LogP contribution < -0.4 is 4.89 Å². The molecule has 0 aliphatic carbocycles. The SMILES string of the molecule is C=C(C)C(=O)C(/C(OCC)=[P+](\[O-])OCCCCC)[N+](C)(C)C. The second-order valence-electron chi connectivity index (χ2n) is 6.23. The zero-order valence-electron chi connectivity index (χ0n) is 14.8. The number of ether oxygens (including phenoxy) is 1. The Hall–Kier alpha value is -0.580. The number of rotatable bonds is 11. The van der Waals surface area contributed by atoms with Gasteiger partial charge in [-0.1, -0.05) is 26.3 Å². The Labute approximate surface area is 136 Å². The maximum atomic E-state index is 12.5. The van der Waals surface area contributed by atoms with Crippen LogP contribution in [0.1, 0.15) is 40.0 Å². The van der Waals surface area contributed by atoms with Crippen LogP contribution in [-0.4, -0.2) is 56.1 Å². The lowest BCUT2D eigenvalue weighted by Crippen LogP contribution is -2.55. The molecule has 5 nitrogen and oxygen atoms in total. The first-order valence-electron chi connectivity index (χ1n) is 7.77. The number of quaternary nitrogens is 1. The van der Waals surface area contributed by atoms with Gasteiger partial charge in [0.1, 0.15) is 0 Å². The molecule has 22 heavy (non-hydrogen) atoms. The molecule has 0 saturated carbocycles. The predicted molar refractivity (Wildman–Crippen MR) is 90.7 cm³/mol. The summed E-state index contributed by atoms with van der Waals surface area (Å²) in [6.07, 6.45) is 2.94. The van der Waals surface area contributed by atoms with E-state index in [2.05, 4.69) is 13.5 Å². The number of hydrogen-bond acceptors (Lipinski definition) is 4. The standard InChI is InChI=1S/C16H31NO4P/c1-8-10-11-12-21-22(19)16(20-9-2)14(17(5,6)7)15(18)13(3)4/h14H,3,8-12H2,1-2,4-7H3/q+1. The van der Waals surface area contributed by atoms with Crippen molar-refractivity contribution >= 4 is 19.3 Å². The summed E-state index contributed by atoms with van der Waals surface area (Å²) in [4.78, 5) is 25.0. The van der Waals surface area contributed by atoms with Gasteiger partial charge < -0.3 is 14.1 Å². The molecule has 0 aromatic carbocycles. The van der Waals surface area contributed by atoms with Crippen molar-refractivity contribution in [3.63, 3.8) is 0 Å². The van der Waals surface area contributed by atoms with E-state index in [1.54, 1.807) is 13.8 Å². The van der Waals surface area contributed by atoms with E-state index in [1.165, 1.54) is 0 Å². The molecule has 0 spiro atoms. The van der Waals surface area contributed by atoms with E-state index in [4.69, 9.17) is 9.26 Å². The van der Waals surface area contributed by atoms with Gasteiger partial charge in [0.15, 0.2) is 0 Å². The van der Waals surface area contributed by atoms with Crippen molar-refractivity contribution in [1.29, 1.82) is 0 Å². The average Bonchev–Trinajstić information content (AvgIpc) is 2.41. The van der Waals surface area contributed by atoms with Gasteiger partial charge in [-0.2, -0.15) is 4.52 Å². The quantitative estimate of drug-likeness (QED) is 0.252. The second-order valence-corrected chi connectivity index (χ2v) is 7.45. The van der Waals surface area contributed by atoms with Crippen LogP contribution >= 0.6 is 8.00 Å². The largest absolute Gasteiger partial charge is 0.601 e. The molecule has 0 aromatic heterocycles. The number of unbranched alkanes of at least 4 members (excludes halogenated alkanes) is 2. The minimum Gasteiger partial charge on any atom is -0.601 e. The molecule has 2 unspecified atom stereocenters. The van der Waals surface area contributed by atoms with Gasteiger partial charge in [-0.05, 0) is 25.8 Å². The fraction of sp³-hybridized carbons (Fsp3) is 0.750. The van der Waals surface area contributed by atoms with Gasteiger partial charge in [0.25, 0.3) is 8.00 Å². The zero-order chi connectivity index (χ0) is 17.3. The first-order valence-corrected chi connectivity index (χ1v) is 8.95. The third-order valence-corrected chi connectivity index (χ3v) is 4.26. The van der Waals surface area contributed by atoms with E-state index in [-0.39, 0.29) is 15.7 Å². The van der Waals surface area contributed by atoms with E-state index >= 15 is 0 Å². The summed E-state index contributed by atoms with van der Waals surface area (Å²) < 4.78 is 11.2. The van der Waals surface area contributed by atoms with Crippen LogP contribution in [0.2, 0.25) is 0 Å². The van der Waals surface area contributed by atoms with E-state index in [1.807, 2.05) is 21.1 Å². The van der Waals surface area contributed by atoms with Gasteiger partial charge in [0.05, 0.1) is 34.4 Å². The third kappa shape index (κ3) is 7.12. The monoisotopic (exact) mass is 332 g/mol. The lowest BCUT2D eigenvalue weighted by molar-refractivity contribution is -0.876. The van der Waals surface area contributed by atoms with Crippen molar-refractivity contribution in [2.75, 3.05) is 34.4 Å². The minimum absolute atomic E-state index is 0.170. The van der Waals surface area contributed by atoms with E-state index in [0.29, 0.717) is 18.8 Å². The molecule has 0 saturated heterocycles. The maximum absolute atomic E-state index is 12.5. The number of carbonyl (C=O) groups is 1. The smallest absolute Gasteiger partial charge is 0.322 e. The molecule has 128 valence electrons. The third-order valence-electron chi connectivity index (χ3n) is 3.11. The Morgan fingerprint density at radius 3 is 2.27 bits per heavy atom. The molecule has 0 radical (unpaired) electrons. The highest BCUT2D eigenvalue weighted by molar-refractivity contribution is 7.46. The Morgan fingerprint density at radius 1 is 1.27 bits per heavy atom. The highest BCUT2D eigenvalue weighted by Gasteiger charge is 2.42. The zero-order valence-corrected chi connectivity index (χ0v) is 15.7. The topological polar surface area (TPSA) is 58.6 Å². The summed E-state index contributed by atoms with van der Waals surface area (Å²) in [6, 6.07) is -0.674. The highest BCUT2D eigenvalue weighted by Crippen LogP contribution is 2.24. The first-order chi connectivity index (χ1) is 10.2. The molecule has 2 atom stereocenters.